The minimum absolute atomic E-state index is 0.135. The highest BCUT2D eigenvalue weighted by molar-refractivity contribution is 9.10. The van der Waals surface area contributed by atoms with Gasteiger partial charge in [-0.05, 0) is 53.2 Å². The molecule has 0 radical (unpaired) electrons. The molecule has 1 unspecified atom stereocenters. The maximum absolute atomic E-state index is 11.5. The molecule has 2 aromatic heterocycles. The molecular formula is C22H25BrN6O4S. The number of anilines is 1. The number of nitrogens with one attached hydrogen (secondary N) is 1. The van der Waals surface area contributed by atoms with Gasteiger partial charge in [-0.25, -0.2) is 19.7 Å². The van der Waals surface area contributed by atoms with Gasteiger partial charge in [-0.3, -0.25) is 0 Å². The van der Waals surface area contributed by atoms with Crippen molar-refractivity contribution in [3.05, 3.63) is 22.9 Å². The summed E-state index contributed by atoms with van der Waals surface area (Å²) >= 11 is 5.06. The van der Waals surface area contributed by atoms with Crippen LogP contribution in [0.3, 0.4) is 0 Å². The first-order valence-corrected chi connectivity index (χ1v) is 12.8. The maximum Gasteiger partial charge on any atom is 0.404 e. The molecule has 1 aliphatic heterocycles. The number of nitrogens with two attached hydrogens (primary N) is 1. The monoisotopic (exact) mass is 548 g/mol. The van der Waals surface area contributed by atoms with Crippen molar-refractivity contribution in [2.75, 3.05) is 12.5 Å². The van der Waals surface area contributed by atoms with Crippen molar-refractivity contribution in [3.63, 3.8) is 0 Å². The number of ether oxygens (including phenoxy) is 2. The number of fused-ring (bicyclic) bond motifs is 2. The van der Waals surface area contributed by atoms with Crippen molar-refractivity contribution < 1.29 is 19.4 Å². The number of benzene rings is 1. The first-order valence-electron chi connectivity index (χ1n) is 11.2. The number of amides is 1. The van der Waals surface area contributed by atoms with Crippen LogP contribution in [0.15, 0.2) is 33.0 Å². The molecule has 34 heavy (non-hydrogen) atoms. The summed E-state index contributed by atoms with van der Waals surface area (Å²) in [6.07, 6.45) is 6.63. The van der Waals surface area contributed by atoms with Crippen molar-refractivity contribution in [1.29, 1.82) is 0 Å². The Balaban J connectivity index is 1.46. The topological polar surface area (TPSA) is 137 Å². The van der Waals surface area contributed by atoms with Gasteiger partial charge in [-0.15, -0.1) is 0 Å². The van der Waals surface area contributed by atoms with Gasteiger partial charge in [0.25, 0.3) is 0 Å². The highest BCUT2D eigenvalue weighted by atomic mass is 79.9. The maximum atomic E-state index is 11.5. The third-order valence-electron chi connectivity index (χ3n) is 6.35. The van der Waals surface area contributed by atoms with Crippen LogP contribution in [0.5, 0.6) is 11.5 Å². The largest absolute Gasteiger partial charge is 0.465 e. The lowest BCUT2D eigenvalue weighted by Gasteiger charge is -2.30. The van der Waals surface area contributed by atoms with E-state index in [0.717, 1.165) is 35.1 Å². The van der Waals surface area contributed by atoms with E-state index in [1.165, 1.54) is 24.5 Å². The van der Waals surface area contributed by atoms with Crippen LogP contribution in [0.25, 0.3) is 11.2 Å². The van der Waals surface area contributed by atoms with Crippen molar-refractivity contribution in [2.24, 2.45) is 5.92 Å². The Bertz CT molecular complexity index is 1220. The van der Waals surface area contributed by atoms with Crippen molar-refractivity contribution in [1.82, 2.24) is 24.8 Å². The van der Waals surface area contributed by atoms with Gasteiger partial charge >= 0.3 is 6.09 Å². The number of hydrogen-bond acceptors (Lipinski definition) is 8. The van der Waals surface area contributed by atoms with Gasteiger partial charge in [-0.1, -0.05) is 31.0 Å². The molecule has 4 N–H and O–H groups in total. The van der Waals surface area contributed by atoms with E-state index in [0.29, 0.717) is 52.5 Å². The third kappa shape index (κ3) is 4.74. The number of imidazole rings is 1. The predicted molar refractivity (Wildman–Crippen MR) is 130 cm³/mol. The van der Waals surface area contributed by atoms with E-state index in [1.807, 2.05) is 16.7 Å². The molecule has 0 saturated heterocycles. The summed E-state index contributed by atoms with van der Waals surface area (Å²) in [5, 5.41) is 12.9. The zero-order valence-corrected chi connectivity index (χ0v) is 20.8. The second-order valence-electron chi connectivity index (χ2n) is 8.46. The molecule has 1 atom stereocenters. The van der Waals surface area contributed by atoms with Crippen molar-refractivity contribution in [3.8, 4) is 11.5 Å². The molecule has 12 heteroatoms. The number of nitrogens with zero attached hydrogens (tertiary/aromatic N) is 4. The highest BCUT2D eigenvalue weighted by Crippen LogP contribution is 2.43. The van der Waals surface area contributed by atoms with Crippen LogP contribution in [-0.2, 0) is 6.54 Å². The van der Waals surface area contributed by atoms with Crippen LogP contribution in [-0.4, -0.2) is 43.6 Å². The number of halogens is 1. The van der Waals surface area contributed by atoms with Crippen LogP contribution in [0, 0.1) is 5.92 Å². The standard InChI is InChI=1S/C22H25BrN6O4S/c23-13-8-15-16(33-11-32-15)9-17(13)34-21-28-18-19(24)25-10-26-20(18)29(21)7-6-14(27-22(30)31)12-4-2-1-3-5-12/h8-10,12,14,27H,1-7,11H2,(H,30,31)(H2,24,25,26). The summed E-state index contributed by atoms with van der Waals surface area (Å²) in [5.41, 5.74) is 7.26. The highest BCUT2D eigenvalue weighted by Gasteiger charge is 2.26. The Morgan fingerprint density at radius 3 is 2.79 bits per heavy atom. The van der Waals surface area contributed by atoms with Crippen LogP contribution >= 0.6 is 27.7 Å². The molecule has 3 heterocycles. The minimum Gasteiger partial charge on any atom is -0.465 e. The van der Waals surface area contributed by atoms with Gasteiger partial charge in [0.2, 0.25) is 6.79 Å². The van der Waals surface area contributed by atoms with E-state index >= 15 is 0 Å². The van der Waals surface area contributed by atoms with Gasteiger partial charge in [0.1, 0.15) is 6.33 Å². The van der Waals surface area contributed by atoms with Crippen LogP contribution in [0.1, 0.15) is 38.5 Å². The fraction of sp³-hybridized carbons (Fsp3) is 0.455. The molecule has 0 bridgehead atoms. The molecular weight excluding hydrogens is 524 g/mol. The molecule has 2 aliphatic rings. The lowest BCUT2D eigenvalue weighted by molar-refractivity contribution is 0.173. The zero-order chi connectivity index (χ0) is 23.7. The number of aryl methyl sites for hydroxylation is 1. The van der Waals surface area contributed by atoms with E-state index in [1.54, 1.807) is 0 Å². The van der Waals surface area contributed by atoms with Gasteiger partial charge in [0.05, 0.1) is 0 Å². The van der Waals surface area contributed by atoms with Crippen molar-refractivity contribution >= 4 is 50.8 Å². The molecule has 0 spiro atoms. The third-order valence-corrected chi connectivity index (χ3v) is 8.32. The summed E-state index contributed by atoms with van der Waals surface area (Å²) < 4.78 is 13.8. The fourth-order valence-corrected chi connectivity index (χ4v) is 6.19. The quantitative estimate of drug-likeness (QED) is 0.384. The smallest absolute Gasteiger partial charge is 0.404 e. The second kappa shape index (κ2) is 9.87. The Kier molecular flexibility index (Phi) is 6.68. The lowest BCUT2D eigenvalue weighted by Crippen LogP contribution is -2.41. The summed E-state index contributed by atoms with van der Waals surface area (Å²) in [6, 6.07) is 3.65. The number of aromatic nitrogens is 4. The van der Waals surface area contributed by atoms with Gasteiger partial charge in [0, 0.05) is 22.0 Å². The predicted octanol–water partition coefficient (Wildman–Crippen LogP) is 4.66. The van der Waals surface area contributed by atoms with E-state index < -0.39 is 6.09 Å². The number of rotatable bonds is 7. The molecule has 1 fully saturated rings. The van der Waals surface area contributed by atoms with Gasteiger partial charge < -0.3 is 30.2 Å². The molecule has 5 rings (SSSR count). The summed E-state index contributed by atoms with van der Waals surface area (Å²) in [5.74, 6) is 2.01. The van der Waals surface area contributed by atoms with E-state index in [2.05, 4.69) is 31.2 Å². The Morgan fingerprint density at radius 1 is 1.26 bits per heavy atom. The lowest BCUT2D eigenvalue weighted by atomic mass is 9.82. The molecule has 180 valence electrons. The first-order chi connectivity index (χ1) is 16.5. The van der Waals surface area contributed by atoms with E-state index in [9.17, 15) is 9.90 Å². The average molecular weight is 549 g/mol. The van der Waals surface area contributed by atoms with Crippen molar-refractivity contribution in [2.45, 2.75) is 61.2 Å². The molecule has 1 aromatic carbocycles. The number of carboxylic acid groups (broad SMARTS) is 1. The van der Waals surface area contributed by atoms with E-state index in [4.69, 9.17) is 20.2 Å². The Morgan fingerprint density at radius 2 is 2.03 bits per heavy atom. The fourth-order valence-electron chi connectivity index (χ4n) is 4.68. The number of nitrogen functional groups attached to an aromatic ring is 1. The van der Waals surface area contributed by atoms with Crippen LogP contribution in [0.2, 0.25) is 0 Å². The Hall–Kier alpha value is -2.73. The summed E-state index contributed by atoms with van der Waals surface area (Å²) in [7, 11) is 0. The molecule has 1 aliphatic carbocycles. The zero-order valence-electron chi connectivity index (χ0n) is 18.4. The molecule has 1 saturated carbocycles. The summed E-state index contributed by atoms with van der Waals surface area (Å²) in [6.45, 7) is 0.735. The van der Waals surface area contributed by atoms with E-state index in [-0.39, 0.29) is 12.8 Å². The Labute approximate surface area is 208 Å². The SMILES string of the molecule is Nc1ncnc2c1nc(Sc1cc3c(cc1Br)OCO3)n2CCC(NC(=O)O)C1CCCCC1. The second-order valence-corrected chi connectivity index (χ2v) is 10.3. The normalized spacial score (nSPS) is 16.6. The summed E-state index contributed by atoms with van der Waals surface area (Å²) in [4.78, 5) is 25.7. The molecule has 10 nitrogen and oxygen atoms in total. The van der Waals surface area contributed by atoms with Crippen LogP contribution in [0.4, 0.5) is 10.6 Å². The minimum atomic E-state index is -0.989. The number of carbonyl (C=O) groups is 1. The first kappa shape index (κ1) is 23.0. The number of hydrogen-bond donors (Lipinski definition) is 3. The molecule has 3 aromatic rings. The van der Waals surface area contributed by atoms with Gasteiger partial charge in [-0.2, -0.15) is 0 Å². The molecule has 1 amide bonds. The average Bonchev–Trinajstić information content (AvgIpc) is 3.42. The van der Waals surface area contributed by atoms with Gasteiger partial charge in [0.15, 0.2) is 33.6 Å². The van der Waals surface area contributed by atoms with Crippen LogP contribution < -0.4 is 20.5 Å².